The number of hydrogen-bond acceptors (Lipinski definition) is 3. The lowest BCUT2D eigenvalue weighted by Crippen LogP contribution is -2.30. The molecule has 0 unspecified atom stereocenters. The van der Waals surface area contributed by atoms with E-state index in [0.717, 1.165) is 4.47 Å². The summed E-state index contributed by atoms with van der Waals surface area (Å²) in [6, 6.07) is 7.42. The Hall–Kier alpha value is -1.56. The van der Waals surface area contributed by atoms with Crippen molar-refractivity contribution in [3.8, 4) is 5.75 Å². The number of rotatable bonds is 5. The Morgan fingerprint density at radius 3 is 2.81 bits per heavy atom. The third-order valence-electron chi connectivity index (χ3n) is 3.66. The molecule has 5 nitrogen and oxygen atoms in total. The van der Waals surface area contributed by atoms with Gasteiger partial charge in [-0.2, -0.15) is 0 Å². The van der Waals surface area contributed by atoms with Gasteiger partial charge in [-0.3, -0.25) is 9.59 Å². The molecule has 114 valence electrons. The zero-order valence-electron chi connectivity index (χ0n) is 11.8. The molecule has 21 heavy (non-hydrogen) atoms. The fourth-order valence-electron chi connectivity index (χ4n) is 2.46. The average molecular weight is 356 g/mol. The molecule has 1 aliphatic heterocycles. The molecular weight excluding hydrogens is 338 g/mol. The van der Waals surface area contributed by atoms with Crippen LogP contribution in [-0.4, -0.2) is 41.6 Å². The Kier molecular flexibility index (Phi) is 5.22. The fourth-order valence-corrected chi connectivity index (χ4v) is 2.84. The van der Waals surface area contributed by atoms with Gasteiger partial charge < -0.3 is 14.7 Å². The Balaban J connectivity index is 1.79. The molecule has 0 aromatic heterocycles. The number of amides is 1. The van der Waals surface area contributed by atoms with Crippen LogP contribution >= 0.6 is 15.9 Å². The third kappa shape index (κ3) is 4.20. The predicted molar refractivity (Wildman–Crippen MR) is 81.1 cm³/mol. The molecular formula is C15H18BrNO4. The number of carbonyl (C=O) groups excluding carboxylic acids is 1. The molecule has 0 aliphatic carbocycles. The smallest absolute Gasteiger partial charge is 0.308 e. The number of carbonyl (C=O) groups is 2. The van der Waals surface area contributed by atoms with Crippen molar-refractivity contribution >= 4 is 27.8 Å². The first-order valence-electron chi connectivity index (χ1n) is 6.86. The van der Waals surface area contributed by atoms with Gasteiger partial charge in [0.1, 0.15) is 5.75 Å². The number of carboxylic acids is 1. The van der Waals surface area contributed by atoms with Gasteiger partial charge in [0.15, 0.2) is 0 Å². The predicted octanol–water partition coefficient (Wildman–Crippen LogP) is 2.40. The van der Waals surface area contributed by atoms with Crippen LogP contribution in [0.4, 0.5) is 0 Å². The van der Waals surface area contributed by atoms with E-state index in [4.69, 9.17) is 9.84 Å². The van der Waals surface area contributed by atoms with Gasteiger partial charge in [-0.25, -0.2) is 0 Å². The van der Waals surface area contributed by atoms with Crippen LogP contribution in [0.2, 0.25) is 0 Å². The first kappa shape index (κ1) is 15.8. The summed E-state index contributed by atoms with van der Waals surface area (Å²) < 4.78 is 6.44. The van der Waals surface area contributed by atoms with E-state index in [1.165, 1.54) is 0 Å². The van der Waals surface area contributed by atoms with Crippen molar-refractivity contribution in [3.05, 3.63) is 28.7 Å². The van der Waals surface area contributed by atoms with Crippen LogP contribution in [0.15, 0.2) is 28.7 Å². The molecule has 0 radical (unpaired) electrons. The van der Waals surface area contributed by atoms with Gasteiger partial charge in [-0.05, 0) is 24.1 Å². The van der Waals surface area contributed by atoms with E-state index in [2.05, 4.69) is 15.9 Å². The standard InChI is InChI=1S/C15H18BrNO4/c1-10-8-17(9-13(10)15(19)20)14(18)5-6-21-12-4-2-3-11(16)7-12/h2-4,7,10,13H,5-6,8-9H2,1H3,(H,19,20)/t10-,13-/m1/s1. The van der Waals surface area contributed by atoms with Crippen molar-refractivity contribution < 1.29 is 19.4 Å². The Bertz CT molecular complexity index is 534. The first-order chi connectivity index (χ1) is 9.97. The maximum absolute atomic E-state index is 12.1. The zero-order chi connectivity index (χ0) is 15.4. The number of ether oxygens (including phenoxy) is 1. The SMILES string of the molecule is C[C@@H]1CN(C(=O)CCOc2cccc(Br)c2)C[C@H]1C(=O)O. The second-order valence-corrected chi connectivity index (χ2v) is 6.19. The van der Waals surface area contributed by atoms with E-state index in [0.29, 0.717) is 18.8 Å². The monoisotopic (exact) mass is 355 g/mol. The van der Waals surface area contributed by atoms with E-state index >= 15 is 0 Å². The minimum Gasteiger partial charge on any atom is -0.493 e. The second kappa shape index (κ2) is 6.93. The second-order valence-electron chi connectivity index (χ2n) is 5.28. The fraction of sp³-hybridized carbons (Fsp3) is 0.467. The van der Waals surface area contributed by atoms with Crippen LogP contribution in [0.25, 0.3) is 0 Å². The number of carboxylic acid groups (broad SMARTS) is 1. The average Bonchev–Trinajstić information content (AvgIpc) is 2.81. The topological polar surface area (TPSA) is 66.8 Å². The lowest BCUT2D eigenvalue weighted by molar-refractivity contribution is -0.142. The molecule has 1 fully saturated rings. The Morgan fingerprint density at radius 2 is 2.19 bits per heavy atom. The van der Waals surface area contributed by atoms with Crippen LogP contribution in [-0.2, 0) is 9.59 Å². The molecule has 1 heterocycles. The largest absolute Gasteiger partial charge is 0.493 e. The highest BCUT2D eigenvalue weighted by atomic mass is 79.9. The summed E-state index contributed by atoms with van der Waals surface area (Å²) in [6.07, 6.45) is 0.256. The molecule has 1 saturated heterocycles. The molecule has 1 aromatic carbocycles. The molecule has 1 aliphatic rings. The van der Waals surface area contributed by atoms with Gasteiger partial charge in [0.25, 0.3) is 0 Å². The minimum atomic E-state index is -0.830. The van der Waals surface area contributed by atoms with Crippen molar-refractivity contribution in [1.82, 2.24) is 4.90 Å². The zero-order valence-corrected chi connectivity index (χ0v) is 13.4. The number of nitrogens with zero attached hydrogens (tertiary/aromatic N) is 1. The summed E-state index contributed by atoms with van der Waals surface area (Å²) in [6.45, 7) is 2.96. The summed E-state index contributed by atoms with van der Waals surface area (Å²) in [5.41, 5.74) is 0. The van der Waals surface area contributed by atoms with Crippen LogP contribution < -0.4 is 4.74 Å². The molecule has 1 N–H and O–H groups in total. The number of benzene rings is 1. The molecule has 1 amide bonds. The molecule has 6 heteroatoms. The van der Waals surface area contributed by atoms with Gasteiger partial charge >= 0.3 is 5.97 Å². The number of likely N-dealkylation sites (tertiary alicyclic amines) is 1. The van der Waals surface area contributed by atoms with Crippen LogP contribution in [0.3, 0.4) is 0 Å². The third-order valence-corrected chi connectivity index (χ3v) is 4.16. The van der Waals surface area contributed by atoms with Gasteiger partial charge in [-0.1, -0.05) is 28.9 Å². The highest BCUT2D eigenvalue weighted by Gasteiger charge is 2.36. The van der Waals surface area contributed by atoms with Crippen molar-refractivity contribution in [2.24, 2.45) is 11.8 Å². The van der Waals surface area contributed by atoms with Gasteiger partial charge in [0, 0.05) is 17.6 Å². The van der Waals surface area contributed by atoms with Crippen molar-refractivity contribution in [2.75, 3.05) is 19.7 Å². The van der Waals surface area contributed by atoms with Crippen LogP contribution in [0, 0.1) is 11.8 Å². The van der Waals surface area contributed by atoms with E-state index < -0.39 is 11.9 Å². The van der Waals surface area contributed by atoms with Gasteiger partial charge in [0.2, 0.25) is 5.91 Å². The summed E-state index contributed by atoms with van der Waals surface area (Å²) in [7, 11) is 0. The lowest BCUT2D eigenvalue weighted by Gasteiger charge is -2.16. The molecule has 1 aromatic rings. The van der Waals surface area contributed by atoms with Crippen LogP contribution in [0.5, 0.6) is 5.75 Å². The maximum atomic E-state index is 12.1. The van der Waals surface area contributed by atoms with E-state index in [1.54, 1.807) is 4.90 Å². The Morgan fingerprint density at radius 1 is 1.43 bits per heavy atom. The van der Waals surface area contributed by atoms with E-state index in [1.807, 2.05) is 31.2 Å². The van der Waals surface area contributed by atoms with Crippen molar-refractivity contribution in [3.63, 3.8) is 0 Å². The lowest BCUT2D eigenvalue weighted by atomic mass is 9.99. The summed E-state index contributed by atoms with van der Waals surface area (Å²) in [5.74, 6) is -0.642. The van der Waals surface area contributed by atoms with Crippen molar-refractivity contribution in [1.29, 1.82) is 0 Å². The number of aliphatic carboxylic acids is 1. The minimum absolute atomic E-state index is 0.00236. The highest BCUT2D eigenvalue weighted by Crippen LogP contribution is 2.24. The Labute approximate surface area is 132 Å². The molecule has 2 atom stereocenters. The summed E-state index contributed by atoms with van der Waals surface area (Å²) in [5, 5.41) is 9.07. The van der Waals surface area contributed by atoms with Crippen LogP contribution in [0.1, 0.15) is 13.3 Å². The van der Waals surface area contributed by atoms with E-state index in [-0.39, 0.29) is 24.9 Å². The summed E-state index contributed by atoms with van der Waals surface area (Å²) >= 11 is 3.35. The number of hydrogen-bond donors (Lipinski definition) is 1. The first-order valence-corrected chi connectivity index (χ1v) is 7.65. The molecule has 0 spiro atoms. The highest BCUT2D eigenvalue weighted by molar-refractivity contribution is 9.10. The van der Waals surface area contributed by atoms with Gasteiger partial charge in [0.05, 0.1) is 18.9 Å². The van der Waals surface area contributed by atoms with E-state index in [9.17, 15) is 9.59 Å². The molecule has 0 saturated carbocycles. The molecule has 2 rings (SSSR count). The number of halogens is 1. The quantitative estimate of drug-likeness (QED) is 0.880. The van der Waals surface area contributed by atoms with Crippen molar-refractivity contribution in [2.45, 2.75) is 13.3 Å². The van der Waals surface area contributed by atoms with Gasteiger partial charge in [-0.15, -0.1) is 0 Å². The molecule has 0 bridgehead atoms. The normalized spacial score (nSPS) is 21.3. The summed E-state index contributed by atoms with van der Waals surface area (Å²) in [4.78, 5) is 24.7. The maximum Gasteiger partial charge on any atom is 0.308 e.